The lowest BCUT2D eigenvalue weighted by Crippen LogP contribution is -2.47. The molecule has 1 rings (SSSR count). The Hall–Kier alpha value is -0.610. The Kier molecular flexibility index (Phi) is 5.05. The molecule has 1 saturated heterocycles. The minimum atomic E-state index is 0.129. The van der Waals surface area contributed by atoms with Crippen LogP contribution in [0.1, 0.15) is 27.2 Å². The summed E-state index contributed by atoms with van der Waals surface area (Å²) in [5.41, 5.74) is 0. The number of morpholine rings is 1. The van der Waals surface area contributed by atoms with Crippen molar-refractivity contribution in [3.05, 3.63) is 0 Å². The Balaban J connectivity index is 2.17. The molecule has 2 atom stereocenters. The third-order valence-electron chi connectivity index (χ3n) is 2.57. The zero-order valence-electron chi connectivity index (χ0n) is 9.95. The number of hydrogen-bond donors (Lipinski definition) is 1. The minimum absolute atomic E-state index is 0.129. The summed E-state index contributed by atoms with van der Waals surface area (Å²) in [6.07, 6.45) is 1.17. The number of carbonyl (C=O) groups excluding carboxylic acids is 1. The number of ether oxygens (including phenoxy) is 1. The summed E-state index contributed by atoms with van der Waals surface area (Å²) in [5.74, 6) is 0.129. The van der Waals surface area contributed by atoms with Crippen LogP contribution in [-0.2, 0) is 9.53 Å². The lowest BCUT2D eigenvalue weighted by Gasteiger charge is -2.35. The van der Waals surface area contributed by atoms with E-state index in [1.165, 1.54) is 0 Å². The molecule has 0 aromatic carbocycles. The van der Waals surface area contributed by atoms with Crippen molar-refractivity contribution in [2.24, 2.45) is 0 Å². The van der Waals surface area contributed by atoms with E-state index < -0.39 is 0 Å². The summed E-state index contributed by atoms with van der Waals surface area (Å²) in [5, 5.41) is 2.89. The lowest BCUT2D eigenvalue weighted by atomic mass is 10.2. The number of hydrogen-bond acceptors (Lipinski definition) is 3. The van der Waals surface area contributed by atoms with E-state index in [4.69, 9.17) is 4.74 Å². The molecule has 0 bridgehead atoms. The fraction of sp³-hybridized carbons (Fsp3) is 0.909. The molecular weight excluding hydrogens is 192 g/mol. The summed E-state index contributed by atoms with van der Waals surface area (Å²) in [7, 11) is 0. The van der Waals surface area contributed by atoms with Crippen LogP contribution in [-0.4, -0.2) is 49.2 Å². The molecule has 0 aromatic heterocycles. The van der Waals surface area contributed by atoms with E-state index in [-0.39, 0.29) is 5.91 Å². The first-order chi connectivity index (χ1) is 7.11. The molecule has 1 fully saturated rings. The average molecular weight is 214 g/mol. The SMILES string of the molecule is CCC(=O)NCCN1C[C@@H](C)O[C@@H](C)C1. The Labute approximate surface area is 92.0 Å². The highest BCUT2D eigenvalue weighted by atomic mass is 16.5. The quantitative estimate of drug-likeness (QED) is 0.746. The Morgan fingerprint density at radius 3 is 2.53 bits per heavy atom. The number of amides is 1. The fourth-order valence-electron chi connectivity index (χ4n) is 1.95. The Morgan fingerprint density at radius 2 is 2.00 bits per heavy atom. The van der Waals surface area contributed by atoms with Crippen molar-refractivity contribution < 1.29 is 9.53 Å². The molecule has 4 nitrogen and oxygen atoms in total. The number of rotatable bonds is 4. The maximum absolute atomic E-state index is 11.0. The van der Waals surface area contributed by atoms with Gasteiger partial charge in [0.1, 0.15) is 0 Å². The van der Waals surface area contributed by atoms with Crippen LogP contribution in [0.3, 0.4) is 0 Å². The molecule has 15 heavy (non-hydrogen) atoms. The third-order valence-corrected chi connectivity index (χ3v) is 2.57. The zero-order valence-corrected chi connectivity index (χ0v) is 9.95. The first-order valence-corrected chi connectivity index (χ1v) is 5.76. The minimum Gasteiger partial charge on any atom is -0.373 e. The van der Waals surface area contributed by atoms with Crippen LogP contribution >= 0.6 is 0 Å². The first-order valence-electron chi connectivity index (χ1n) is 5.76. The van der Waals surface area contributed by atoms with Gasteiger partial charge in [-0.25, -0.2) is 0 Å². The third kappa shape index (κ3) is 4.62. The molecule has 0 unspecified atom stereocenters. The van der Waals surface area contributed by atoms with Crippen molar-refractivity contribution in [2.75, 3.05) is 26.2 Å². The highest BCUT2D eigenvalue weighted by molar-refractivity contribution is 5.75. The molecule has 0 radical (unpaired) electrons. The summed E-state index contributed by atoms with van der Waals surface area (Å²) in [4.78, 5) is 13.4. The molecule has 1 aliphatic heterocycles. The van der Waals surface area contributed by atoms with Crippen LogP contribution in [0, 0.1) is 0 Å². The van der Waals surface area contributed by atoms with Crippen LogP contribution in [0.5, 0.6) is 0 Å². The van der Waals surface area contributed by atoms with E-state index in [1.807, 2.05) is 6.92 Å². The van der Waals surface area contributed by atoms with Crippen LogP contribution in [0.15, 0.2) is 0 Å². The standard InChI is InChI=1S/C11H22N2O2/c1-4-11(14)12-5-6-13-7-9(2)15-10(3)8-13/h9-10H,4-8H2,1-3H3,(H,12,14)/t9-,10+. The van der Waals surface area contributed by atoms with E-state index in [2.05, 4.69) is 24.1 Å². The highest BCUT2D eigenvalue weighted by Gasteiger charge is 2.21. The van der Waals surface area contributed by atoms with Gasteiger partial charge in [0.05, 0.1) is 12.2 Å². The molecule has 1 N–H and O–H groups in total. The topological polar surface area (TPSA) is 41.6 Å². The predicted octanol–water partition coefficient (Wildman–Crippen LogP) is 0.622. The van der Waals surface area contributed by atoms with Crippen molar-refractivity contribution in [1.82, 2.24) is 10.2 Å². The lowest BCUT2D eigenvalue weighted by molar-refractivity contribution is -0.120. The van der Waals surface area contributed by atoms with Gasteiger partial charge < -0.3 is 10.1 Å². The highest BCUT2D eigenvalue weighted by Crippen LogP contribution is 2.09. The summed E-state index contributed by atoms with van der Waals surface area (Å²) < 4.78 is 5.64. The molecule has 0 saturated carbocycles. The zero-order chi connectivity index (χ0) is 11.3. The molecule has 0 aromatic rings. The van der Waals surface area contributed by atoms with Crippen molar-refractivity contribution in [2.45, 2.75) is 39.4 Å². The first kappa shape index (κ1) is 12.5. The van der Waals surface area contributed by atoms with Crippen molar-refractivity contribution in [3.63, 3.8) is 0 Å². The predicted molar refractivity (Wildman–Crippen MR) is 59.7 cm³/mol. The van der Waals surface area contributed by atoms with Gasteiger partial charge in [0.25, 0.3) is 0 Å². The smallest absolute Gasteiger partial charge is 0.219 e. The van der Waals surface area contributed by atoms with Gasteiger partial charge >= 0.3 is 0 Å². The van der Waals surface area contributed by atoms with Gasteiger partial charge in [-0.2, -0.15) is 0 Å². The average Bonchev–Trinajstić information content (AvgIpc) is 2.16. The number of nitrogens with zero attached hydrogens (tertiary/aromatic N) is 1. The monoisotopic (exact) mass is 214 g/mol. The van der Waals surface area contributed by atoms with E-state index in [0.717, 1.165) is 26.2 Å². The molecular formula is C11H22N2O2. The Bertz CT molecular complexity index is 199. The van der Waals surface area contributed by atoms with Crippen molar-refractivity contribution >= 4 is 5.91 Å². The summed E-state index contributed by atoms with van der Waals surface area (Å²) in [6.45, 7) is 9.64. The van der Waals surface area contributed by atoms with Gasteiger partial charge in [0.15, 0.2) is 0 Å². The Morgan fingerprint density at radius 1 is 1.40 bits per heavy atom. The van der Waals surface area contributed by atoms with Crippen molar-refractivity contribution in [1.29, 1.82) is 0 Å². The normalized spacial score (nSPS) is 27.7. The second kappa shape index (κ2) is 6.08. The second-order valence-electron chi connectivity index (χ2n) is 4.22. The molecule has 0 spiro atoms. The maximum atomic E-state index is 11.0. The van der Waals surface area contributed by atoms with E-state index in [9.17, 15) is 4.79 Å². The molecule has 4 heteroatoms. The van der Waals surface area contributed by atoms with Gasteiger partial charge in [-0.05, 0) is 13.8 Å². The fourth-order valence-corrected chi connectivity index (χ4v) is 1.95. The van der Waals surface area contributed by atoms with E-state index >= 15 is 0 Å². The van der Waals surface area contributed by atoms with Crippen LogP contribution < -0.4 is 5.32 Å². The van der Waals surface area contributed by atoms with Crippen LogP contribution in [0.4, 0.5) is 0 Å². The summed E-state index contributed by atoms with van der Waals surface area (Å²) in [6, 6.07) is 0. The number of carbonyl (C=O) groups is 1. The maximum Gasteiger partial charge on any atom is 0.219 e. The molecule has 1 amide bonds. The van der Waals surface area contributed by atoms with Crippen LogP contribution in [0.25, 0.3) is 0 Å². The van der Waals surface area contributed by atoms with Gasteiger partial charge in [-0.15, -0.1) is 0 Å². The summed E-state index contributed by atoms with van der Waals surface area (Å²) >= 11 is 0. The second-order valence-corrected chi connectivity index (χ2v) is 4.22. The van der Waals surface area contributed by atoms with Gasteiger partial charge in [-0.3, -0.25) is 9.69 Å². The van der Waals surface area contributed by atoms with Crippen molar-refractivity contribution in [3.8, 4) is 0 Å². The van der Waals surface area contributed by atoms with Crippen LogP contribution in [0.2, 0.25) is 0 Å². The molecule has 0 aliphatic carbocycles. The van der Waals surface area contributed by atoms with Gasteiger partial charge in [-0.1, -0.05) is 6.92 Å². The molecule has 88 valence electrons. The van der Waals surface area contributed by atoms with Gasteiger partial charge in [0.2, 0.25) is 5.91 Å². The van der Waals surface area contributed by atoms with E-state index in [0.29, 0.717) is 18.6 Å². The van der Waals surface area contributed by atoms with E-state index in [1.54, 1.807) is 0 Å². The largest absolute Gasteiger partial charge is 0.373 e. The molecule has 1 heterocycles. The van der Waals surface area contributed by atoms with Gasteiger partial charge in [0, 0.05) is 32.6 Å². The number of nitrogens with one attached hydrogen (secondary N) is 1. The molecule has 1 aliphatic rings.